The number of aliphatic carboxylic acids is 1. The normalized spacial score (nSPS) is 10.2. The lowest BCUT2D eigenvalue weighted by Gasteiger charge is -2.09. The van der Waals surface area contributed by atoms with Gasteiger partial charge >= 0.3 is 12.0 Å². The summed E-state index contributed by atoms with van der Waals surface area (Å²) in [6.07, 6.45) is 2.39. The second kappa shape index (κ2) is 5.55. The summed E-state index contributed by atoms with van der Waals surface area (Å²) in [5.74, 6) is -0.610. The van der Waals surface area contributed by atoms with E-state index >= 15 is 0 Å². The highest BCUT2D eigenvalue weighted by molar-refractivity contribution is 5.91. The van der Waals surface area contributed by atoms with Crippen molar-refractivity contribution in [3.05, 3.63) is 29.8 Å². The van der Waals surface area contributed by atoms with Crippen LogP contribution >= 0.6 is 0 Å². The van der Waals surface area contributed by atoms with E-state index < -0.39 is 12.0 Å². The number of ether oxygens (including phenoxy) is 1. The summed E-state index contributed by atoms with van der Waals surface area (Å²) in [6.45, 7) is 0. The van der Waals surface area contributed by atoms with Crippen molar-refractivity contribution in [2.24, 2.45) is 5.73 Å². The van der Waals surface area contributed by atoms with Crippen molar-refractivity contribution in [1.29, 1.82) is 0 Å². The summed E-state index contributed by atoms with van der Waals surface area (Å²) in [4.78, 5) is 21.1. The van der Waals surface area contributed by atoms with E-state index in [4.69, 9.17) is 15.6 Å². The molecule has 0 radical (unpaired) electrons. The Bertz CT molecular complexity index is 469. The van der Waals surface area contributed by atoms with E-state index in [1.54, 1.807) is 18.2 Å². The van der Waals surface area contributed by atoms with Crippen LogP contribution in [-0.4, -0.2) is 24.2 Å². The maximum absolute atomic E-state index is 10.8. The Morgan fingerprint density at radius 2 is 2.18 bits per heavy atom. The first-order chi connectivity index (χ1) is 8.02. The lowest BCUT2D eigenvalue weighted by Crippen LogP contribution is -2.19. The van der Waals surface area contributed by atoms with E-state index in [1.165, 1.54) is 13.2 Å². The van der Waals surface area contributed by atoms with Crippen molar-refractivity contribution >= 4 is 23.8 Å². The van der Waals surface area contributed by atoms with Gasteiger partial charge < -0.3 is 20.9 Å². The van der Waals surface area contributed by atoms with Crippen LogP contribution in [-0.2, 0) is 4.79 Å². The number of carboxylic acids is 1. The van der Waals surface area contributed by atoms with Crippen LogP contribution in [0, 0.1) is 0 Å². The topological polar surface area (TPSA) is 102 Å². The van der Waals surface area contributed by atoms with Crippen molar-refractivity contribution in [3.63, 3.8) is 0 Å². The zero-order valence-corrected chi connectivity index (χ0v) is 9.14. The number of methoxy groups -OCH3 is 1. The number of anilines is 1. The number of primary amides is 1. The predicted octanol–water partition coefficient (Wildman–Crippen LogP) is 1.28. The Labute approximate surface area is 97.7 Å². The lowest BCUT2D eigenvalue weighted by atomic mass is 10.1. The molecule has 0 aliphatic rings. The predicted molar refractivity (Wildman–Crippen MR) is 62.9 cm³/mol. The molecule has 1 rings (SSSR count). The van der Waals surface area contributed by atoms with Gasteiger partial charge in [0.15, 0.2) is 0 Å². The van der Waals surface area contributed by atoms with Crippen molar-refractivity contribution in [2.75, 3.05) is 12.4 Å². The Hall–Kier alpha value is -2.50. The first kappa shape index (κ1) is 12.6. The molecule has 2 amide bonds. The third-order valence-electron chi connectivity index (χ3n) is 1.90. The molecule has 0 aliphatic carbocycles. The summed E-state index contributed by atoms with van der Waals surface area (Å²) >= 11 is 0. The Kier molecular flexibility index (Phi) is 4.10. The van der Waals surface area contributed by atoms with Gasteiger partial charge in [-0.3, -0.25) is 0 Å². The molecule has 0 saturated carbocycles. The highest BCUT2D eigenvalue weighted by Crippen LogP contribution is 2.25. The van der Waals surface area contributed by atoms with Gasteiger partial charge in [-0.2, -0.15) is 0 Å². The number of carboxylic acid groups (broad SMARTS) is 1. The van der Waals surface area contributed by atoms with Crippen LogP contribution in [0.5, 0.6) is 5.75 Å². The van der Waals surface area contributed by atoms with Gasteiger partial charge in [0, 0.05) is 6.08 Å². The molecular formula is C11H12N2O4. The fourth-order valence-corrected chi connectivity index (χ4v) is 1.23. The second-order valence-corrected chi connectivity index (χ2v) is 3.12. The molecule has 6 nitrogen and oxygen atoms in total. The average Bonchev–Trinajstić information content (AvgIpc) is 2.25. The van der Waals surface area contributed by atoms with Gasteiger partial charge in [-0.1, -0.05) is 6.07 Å². The van der Waals surface area contributed by atoms with E-state index in [2.05, 4.69) is 5.32 Å². The Balaban J connectivity index is 3.03. The quantitative estimate of drug-likeness (QED) is 0.685. The van der Waals surface area contributed by atoms with Gasteiger partial charge in [-0.05, 0) is 23.8 Å². The zero-order valence-electron chi connectivity index (χ0n) is 9.14. The number of benzene rings is 1. The van der Waals surface area contributed by atoms with Crippen molar-refractivity contribution in [3.8, 4) is 5.75 Å². The summed E-state index contributed by atoms with van der Waals surface area (Å²) in [5, 5.41) is 10.9. The van der Waals surface area contributed by atoms with E-state index in [9.17, 15) is 9.59 Å². The molecule has 0 bridgehead atoms. The monoisotopic (exact) mass is 236 g/mol. The number of hydrogen-bond acceptors (Lipinski definition) is 3. The summed E-state index contributed by atoms with van der Waals surface area (Å²) < 4.78 is 5.02. The SMILES string of the molecule is COc1ccc(C=CC(=O)O)cc1NC(N)=O. The van der Waals surface area contributed by atoms with E-state index in [0.29, 0.717) is 17.0 Å². The van der Waals surface area contributed by atoms with Gasteiger partial charge in [0.1, 0.15) is 5.75 Å². The maximum atomic E-state index is 10.8. The first-order valence-electron chi connectivity index (χ1n) is 4.68. The third-order valence-corrected chi connectivity index (χ3v) is 1.90. The number of nitrogens with two attached hydrogens (primary N) is 1. The number of carbonyl (C=O) groups is 2. The third kappa shape index (κ3) is 3.86. The summed E-state index contributed by atoms with van der Waals surface area (Å²) in [7, 11) is 1.45. The number of nitrogens with one attached hydrogen (secondary N) is 1. The maximum Gasteiger partial charge on any atom is 0.328 e. The van der Waals surface area contributed by atoms with Crippen LogP contribution in [0.15, 0.2) is 24.3 Å². The van der Waals surface area contributed by atoms with Crippen LogP contribution in [0.3, 0.4) is 0 Å². The molecule has 4 N–H and O–H groups in total. The molecular weight excluding hydrogens is 224 g/mol. The van der Waals surface area contributed by atoms with Crippen molar-refractivity contribution < 1.29 is 19.4 Å². The minimum Gasteiger partial charge on any atom is -0.495 e. The molecule has 0 saturated heterocycles. The molecule has 90 valence electrons. The molecule has 1 aromatic rings. The number of carbonyl (C=O) groups excluding carboxylic acids is 1. The second-order valence-electron chi connectivity index (χ2n) is 3.12. The fraction of sp³-hybridized carbons (Fsp3) is 0.0909. The van der Waals surface area contributed by atoms with Gasteiger partial charge in [0.2, 0.25) is 0 Å². The number of hydrogen-bond donors (Lipinski definition) is 3. The Morgan fingerprint density at radius 1 is 1.47 bits per heavy atom. The molecule has 1 aromatic carbocycles. The number of rotatable bonds is 4. The smallest absolute Gasteiger partial charge is 0.328 e. The van der Waals surface area contributed by atoms with E-state index in [0.717, 1.165) is 6.08 Å². The molecule has 0 unspecified atom stereocenters. The minimum atomic E-state index is -1.05. The molecule has 0 atom stereocenters. The highest BCUT2D eigenvalue weighted by Gasteiger charge is 2.05. The van der Waals surface area contributed by atoms with Crippen LogP contribution in [0.25, 0.3) is 6.08 Å². The van der Waals surface area contributed by atoms with Gasteiger partial charge in [-0.25, -0.2) is 9.59 Å². The summed E-state index contributed by atoms with van der Waals surface area (Å²) in [6, 6.07) is 4.10. The molecule has 0 aromatic heterocycles. The van der Waals surface area contributed by atoms with E-state index in [1.807, 2.05) is 0 Å². The van der Waals surface area contributed by atoms with Crippen molar-refractivity contribution in [2.45, 2.75) is 0 Å². The fourth-order valence-electron chi connectivity index (χ4n) is 1.23. The number of urea groups is 1. The van der Waals surface area contributed by atoms with Crippen LogP contribution in [0.4, 0.5) is 10.5 Å². The van der Waals surface area contributed by atoms with Gasteiger partial charge in [-0.15, -0.1) is 0 Å². The molecule has 6 heteroatoms. The Morgan fingerprint density at radius 3 is 2.71 bits per heavy atom. The van der Waals surface area contributed by atoms with E-state index in [-0.39, 0.29) is 0 Å². The van der Waals surface area contributed by atoms with Gasteiger partial charge in [0.05, 0.1) is 12.8 Å². The van der Waals surface area contributed by atoms with Crippen LogP contribution in [0.2, 0.25) is 0 Å². The average molecular weight is 236 g/mol. The largest absolute Gasteiger partial charge is 0.495 e. The standard InChI is InChI=1S/C11H12N2O4/c1-17-9-4-2-7(3-5-10(14)15)6-8(9)13-11(12)16/h2-6H,1H3,(H,14,15)(H3,12,13,16). The van der Waals surface area contributed by atoms with Crippen LogP contribution < -0.4 is 15.8 Å². The van der Waals surface area contributed by atoms with Gasteiger partial charge in [0.25, 0.3) is 0 Å². The first-order valence-corrected chi connectivity index (χ1v) is 4.68. The number of amides is 2. The molecule has 0 fully saturated rings. The van der Waals surface area contributed by atoms with Crippen LogP contribution in [0.1, 0.15) is 5.56 Å². The highest BCUT2D eigenvalue weighted by atomic mass is 16.5. The molecule has 0 heterocycles. The molecule has 17 heavy (non-hydrogen) atoms. The lowest BCUT2D eigenvalue weighted by molar-refractivity contribution is -0.131. The molecule has 0 spiro atoms. The zero-order chi connectivity index (χ0) is 12.8. The minimum absolute atomic E-state index is 0.382. The van der Waals surface area contributed by atoms with Crippen molar-refractivity contribution in [1.82, 2.24) is 0 Å². The molecule has 0 aliphatic heterocycles. The summed E-state index contributed by atoms with van der Waals surface area (Å²) in [5.41, 5.74) is 5.99.